The molecule has 1 aromatic rings. The van der Waals surface area contributed by atoms with Gasteiger partial charge in [-0.05, 0) is 116 Å². The van der Waals surface area contributed by atoms with Crippen LogP contribution in [0.3, 0.4) is 0 Å². The van der Waals surface area contributed by atoms with Crippen LogP contribution in [-0.4, -0.2) is 120 Å². The van der Waals surface area contributed by atoms with Gasteiger partial charge in [0.2, 0.25) is 0 Å². The van der Waals surface area contributed by atoms with Gasteiger partial charge in [0.15, 0.2) is 0 Å². The Morgan fingerprint density at radius 2 is 0.685 bits per heavy atom. The van der Waals surface area contributed by atoms with Gasteiger partial charge in [0.1, 0.15) is 6.29 Å². The van der Waals surface area contributed by atoms with E-state index in [-0.39, 0.29) is 25.9 Å². The van der Waals surface area contributed by atoms with Crippen LogP contribution in [0.25, 0.3) is 0 Å². The largest absolute Gasteiger partial charge is 0.420 e. The zero-order valence-electron chi connectivity index (χ0n) is 34.0. The van der Waals surface area contributed by atoms with Gasteiger partial charge in [-0.2, -0.15) is 0 Å². The third-order valence-corrected chi connectivity index (χ3v) is 46.7. The van der Waals surface area contributed by atoms with E-state index in [2.05, 4.69) is 0 Å². The van der Waals surface area contributed by atoms with Gasteiger partial charge < -0.3 is 50.0 Å². The second kappa shape index (κ2) is 20.5. The molecule has 29 heteroatoms. The number of nitrogens with zero attached hydrogens (tertiary/aromatic N) is 3. The van der Waals surface area contributed by atoms with Crippen molar-refractivity contribution in [2.45, 2.75) is 142 Å². The van der Waals surface area contributed by atoms with E-state index in [1.54, 1.807) is 0 Å². The topological polar surface area (TPSA) is 177 Å². The first-order valence-electron chi connectivity index (χ1n) is 19.1. The molecule has 3 aliphatic heterocycles. The standard InChI is InChI=1S/C25H63N3O15Si11/c1-22-32-44(2)38-52(10,39-45(3)33-22)19-13-16-26-23(29)27(17-14-20-53(11)40-48(6)34-46(4)35-49(7)41-53)25(31)28(24(26)30)18-15-21-54(12)42-50(8)36-47(5)37-51(9)43-54/h22,44-51H,13-21H2,1-12H3. The lowest BCUT2D eigenvalue weighted by Crippen LogP contribution is -2.56. The van der Waals surface area contributed by atoms with Gasteiger partial charge in [0.25, 0.3) is 55.7 Å². The summed E-state index contributed by atoms with van der Waals surface area (Å²) in [5, 5.41) is 0. The van der Waals surface area contributed by atoms with Crippen LogP contribution in [-0.2, 0) is 69.6 Å². The highest BCUT2D eigenvalue weighted by Gasteiger charge is 2.42. The first-order valence-corrected chi connectivity index (χ1v) is 43.5. The van der Waals surface area contributed by atoms with Crippen molar-refractivity contribution in [3.05, 3.63) is 31.5 Å². The van der Waals surface area contributed by atoms with Gasteiger partial charge in [-0.15, -0.1) is 0 Å². The first kappa shape index (κ1) is 47.0. The third-order valence-electron chi connectivity index (χ3n) is 9.21. The van der Waals surface area contributed by atoms with Crippen LogP contribution in [0.4, 0.5) is 0 Å². The maximum absolute atomic E-state index is 14.0. The average Bonchev–Trinajstić information content (AvgIpc) is 2.99. The fraction of sp³-hybridized carbons (Fsp3) is 0.880. The molecule has 54 heavy (non-hydrogen) atoms. The van der Waals surface area contributed by atoms with Crippen molar-refractivity contribution < 1.29 is 50.0 Å². The van der Waals surface area contributed by atoms with Crippen molar-refractivity contribution in [1.29, 1.82) is 0 Å². The minimum absolute atomic E-state index is 0.0978. The molecule has 6 atom stereocenters. The Morgan fingerprint density at radius 1 is 0.444 bits per heavy atom. The Hall–Kier alpha value is 0.316. The van der Waals surface area contributed by atoms with Crippen LogP contribution >= 0.6 is 0 Å². The van der Waals surface area contributed by atoms with E-state index >= 15 is 0 Å². The third kappa shape index (κ3) is 14.0. The van der Waals surface area contributed by atoms with E-state index in [9.17, 15) is 14.4 Å². The van der Waals surface area contributed by atoms with Crippen LogP contribution in [0.15, 0.2) is 14.4 Å². The summed E-state index contributed by atoms with van der Waals surface area (Å²) in [6.45, 7) is 23.9. The minimum atomic E-state index is -2.73. The molecule has 0 N–H and O–H groups in total. The number of rotatable bonds is 12. The maximum atomic E-state index is 14.0. The molecule has 3 saturated heterocycles. The summed E-state index contributed by atoms with van der Waals surface area (Å²) in [7, 11) is -23.7. The molecule has 4 heterocycles. The van der Waals surface area contributed by atoms with Crippen molar-refractivity contribution in [1.82, 2.24) is 13.7 Å². The Morgan fingerprint density at radius 3 is 0.944 bits per heavy atom. The molecule has 0 amide bonds. The summed E-state index contributed by atoms with van der Waals surface area (Å²) in [6, 6.07) is 1.60. The molecular weight excluding hydrogens is 891 g/mol. The van der Waals surface area contributed by atoms with E-state index in [0.29, 0.717) is 37.4 Å². The van der Waals surface area contributed by atoms with Gasteiger partial charge in [-0.1, -0.05) is 0 Å². The molecule has 18 nitrogen and oxygen atoms in total. The van der Waals surface area contributed by atoms with E-state index in [4.69, 9.17) is 50.0 Å². The van der Waals surface area contributed by atoms with Crippen LogP contribution < -0.4 is 17.1 Å². The molecule has 4 rings (SSSR count). The monoisotopic (exact) mass is 953 g/mol. The number of aromatic nitrogens is 3. The summed E-state index contributed by atoms with van der Waals surface area (Å²) in [6.07, 6.45) is 0.954. The lowest BCUT2D eigenvalue weighted by Gasteiger charge is -2.37. The fourth-order valence-corrected chi connectivity index (χ4v) is 46.6. The smallest absolute Gasteiger partial charge is 0.336 e. The summed E-state index contributed by atoms with van der Waals surface area (Å²) < 4.78 is 78.2. The molecule has 3 fully saturated rings. The molecule has 312 valence electrons. The summed E-state index contributed by atoms with van der Waals surface area (Å²) in [4.78, 5) is 42.1. The van der Waals surface area contributed by atoms with Gasteiger partial charge >= 0.3 is 61.3 Å². The quantitative estimate of drug-likeness (QED) is 0.255. The molecule has 0 aliphatic carbocycles. The van der Waals surface area contributed by atoms with Crippen molar-refractivity contribution in [2.75, 3.05) is 0 Å². The van der Waals surface area contributed by atoms with Gasteiger partial charge in [-0.3, -0.25) is 0 Å². The molecule has 0 aromatic carbocycles. The van der Waals surface area contributed by atoms with Crippen LogP contribution in [0, 0.1) is 0 Å². The van der Waals surface area contributed by atoms with Crippen molar-refractivity contribution >= 4 is 100.0 Å². The van der Waals surface area contributed by atoms with Crippen LogP contribution in [0.2, 0.25) is 90.1 Å². The lowest BCUT2D eigenvalue weighted by atomic mass is 10.4. The number of hydrogen-bond acceptors (Lipinski definition) is 15. The normalized spacial score (nSPS) is 38.8. The highest BCUT2D eigenvalue weighted by Crippen LogP contribution is 2.25. The molecule has 0 spiro atoms. The predicted molar refractivity (Wildman–Crippen MR) is 229 cm³/mol. The Bertz CT molecular complexity index is 1310. The number of hydrogen-bond donors (Lipinski definition) is 0. The van der Waals surface area contributed by atoms with Crippen molar-refractivity contribution in [2.24, 2.45) is 0 Å². The van der Waals surface area contributed by atoms with Crippen molar-refractivity contribution in [3.8, 4) is 0 Å². The van der Waals surface area contributed by atoms with Crippen molar-refractivity contribution in [3.63, 3.8) is 0 Å². The zero-order chi connectivity index (χ0) is 40.0. The SMILES string of the molecule is CC1O[SiH](C)O[Si](C)(CCCn2c(=O)n(CCC[Si]3(C)O[SiH](C)O[SiH](C)O[SiH](C)O3)c(=O)n(CCC[Si]3(C)O[SiH](C)O[SiH](C)O[SiH](C)O3)c2=O)O[SiH](C)O1. The van der Waals surface area contributed by atoms with E-state index < -0.39 is 117 Å². The summed E-state index contributed by atoms with van der Waals surface area (Å²) >= 11 is 0. The molecule has 1 aromatic heterocycles. The van der Waals surface area contributed by atoms with E-state index in [0.717, 1.165) is 0 Å². The second-order valence-electron chi connectivity index (χ2n) is 14.6. The summed E-state index contributed by atoms with van der Waals surface area (Å²) in [5.41, 5.74) is -1.91. The molecule has 0 radical (unpaired) electrons. The summed E-state index contributed by atoms with van der Waals surface area (Å²) in [5.74, 6) is 0. The maximum Gasteiger partial charge on any atom is 0.336 e. The van der Waals surface area contributed by atoms with Crippen LogP contribution in [0.5, 0.6) is 0 Å². The zero-order valence-corrected chi connectivity index (χ0v) is 46.3. The van der Waals surface area contributed by atoms with E-state index in [1.807, 2.05) is 78.9 Å². The van der Waals surface area contributed by atoms with Gasteiger partial charge in [0.05, 0.1) is 0 Å². The van der Waals surface area contributed by atoms with Gasteiger partial charge in [-0.25, -0.2) is 28.1 Å². The van der Waals surface area contributed by atoms with Gasteiger partial charge in [0, 0.05) is 19.6 Å². The van der Waals surface area contributed by atoms with Crippen LogP contribution in [0.1, 0.15) is 26.2 Å². The Labute approximate surface area is 335 Å². The molecule has 6 unspecified atom stereocenters. The predicted octanol–water partition coefficient (Wildman–Crippen LogP) is -0.0536. The average molecular weight is 955 g/mol. The highest BCUT2D eigenvalue weighted by atomic mass is 28.5. The minimum Gasteiger partial charge on any atom is -0.420 e. The molecular formula is C25H63N3O15Si11. The molecule has 3 aliphatic rings. The first-order chi connectivity index (χ1) is 25.2. The second-order valence-corrected chi connectivity index (χ2v) is 42.6. The lowest BCUT2D eigenvalue weighted by molar-refractivity contribution is -0.0156. The van der Waals surface area contributed by atoms with E-state index in [1.165, 1.54) is 13.7 Å². The fourth-order valence-electron chi connectivity index (χ4n) is 7.36. The highest BCUT2D eigenvalue weighted by molar-refractivity contribution is 6.82. The molecule has 0 bridgehead atoms. The Balaban J connectivity index is 1.57. The molecule has 0 saturated carbocycles. The Kier molecular flexibility index (Phi) is 17.9.